The van der Waals surface area contributed by atoms with E-state index in [0.29, 0.717) is 13.0 Å². The Morgan fingerprint density at radius 3 is 2.50 bits per heavy atom. The summed E-state index contributed by atoms with van der Waals surface area (Å²) in [5.74, 6) is 0.109. The number of carbonyl (C=O) groups excluding carboxylic acids is 1. The van der Waals surface area contributed by atoms with Gasteiger partial charge < -0.3 is 10.6 Å². The molecule has 0 spiro atoms. The zero-order valence-electron chi connectivity index (χ0n) is 13.4. The Labute approximate surface area is 132 Å². The smallest absolute Gasteiger partial charge is 0.220 e. The lowest BCUT2D eigenvalue weighted by Gasteiger charge is -2.07. The second kappa shape index (κ2) is 8.35. The molecule has 0 aliphatic heterocycles. The molecule has 2 rings (SSSR count). The Bertz CT molecular complexity index is 605. The highest BCUT2D eigenvalue weighted by molar-refractivity contribution is 5.75. The Kier molecular flexibility index (Phi) is 6.16. The molecule has 0 unspecified atom stereocenters. The van der Waals surface area contributed by atoms with Gasteiger partial charge in [-0.2, -0.15) is 0 Å². The molecular formula is C19H24N2O. The highest BCUT2D eigenvalue weighted by Gasteiger charge is 2.02. The lowest BCUT2D eigenvalue weighted by molar-refractivity contribution is -0.121. The van der Waals surface area contributed by atoms with E-state index in [2.05, 4.69) is 66.1 Å². The third-order valence-corrected chi connectivity index (χ3v) is 3.63. The first-order valence-electron chi connectivity index (χ1n) is 7.76. The van der Waals surface area contributed by atoms with Gasteiger partial charge in [0.05, 0.1) is 0 Å². The summed E-state index contributed by atoms with van der Waals surface area (Å²) in [5.41, 5.74) is 4.81. The van der Waals surface area contributed by atoms with Crippen LogP contribution in [-0.2, 0) is 11.3 Å². The van der Waals surface area contributed by atoms with Crippen LogP contribution in [0.15, 0.2) is 48.5 Å². The van der Waals surface area contributed by atoms with Gasteiger partial charge in [-0.3, -0.25) is 4.79 Å². The standard InChI is InChI=1S/C19H24N2O/c1-15-5-3-6-18(13-15)17-10-8-16(9-11-17)14-21-19(22)7-4-12-20-2/h3,5-6,8-11,13,20H,4,7,12,14H2,1-2H3,(H,21,22). The molecule has 0 heterocycles. The Balaban J connectivity index is 1.88. The summed E-state index contributed by atoms with van der Waals surface area (Å²) in [4.78, 5) is 11.7. The summed E-state index contributed by atoms with van der Waals surface area (Å²) in [5, 5.41) is 6.00. The molecule has 3 nitrogen and oxygen atoms in total. The van der Waals surface area contributed by atoms with Crippen molar-refractivity contribution in [2.24, 2.45) is 0 Å². The van der Waals surface area contributed by atoms with E-state index in [-0.39, 0.29) is 5.91 Å². The van der Waals surface area contributed by atoms with Crippen LogP contribution in [0.2, 0.25) is 0 Å². The van der Waals surface area contributed by atoms with Crippen LogP contribution in [0.5, 0.6) is 0 Å². The number of aryl methyl sites for hydroxylation is 1. The molecule has 1 amide bonds. The SMILES string of the molecule is CNCCCC(=O)NCc1ccc(-c2cccc(C)c2)cc1. The average molecular weight is 296 g/mol. The summed E-state index contributed by atoms with van der Waals surface area (Å²) in [6, 6.07) is 16.8. The summed E-state index contributed by atoms with van der Waals surface area (Å²) in [6.07, 6.45) is 1.44. The fourth-order valence-electron chi connectivity index (χ4n) is 2.35. The van der Waals surface area contributed by atoms with E-state index >= 15 is 0 Å². The Hall–Kier alpha value is -2.13. The molecule has 22 heavy (non-hydrogen) atoms. The lowest BCUT2D eigenvalue weighted by Crippen LogP contribution is -2.23. The van der Waals surface area contributed by atoms with Gasteiger partial charge in [-0.15, -0.1) is 0 Å². The predicted octanol–water partition coefficient (Wildman–Crippen LogP) is 3.28. The first-order chi connectivity index (χ1) is 10.7. The van der Waals surface area contributed by atoms with Gasteiger partial charge in [-0.25, -0.2) is 0 Å². The fourth-order valence-corrected chi connectivity index (χ4v) is 2.35. The number of rotatable bonds is 7. The van der Waals surface area contributed by atoms with Gasteiger partial charge in [0.2, 0.25) is 5.91 Å². The molecule has 0 aliphatic rings. The van der Waals surface area contributed by atoms with Gasteiger partial charge in [-0.1, -0.05) is 54.1 Å². The van der Waals surface area contributed by atoms with Crippen LogP contribution in [0.1, 0.15) is 24.0 Å². The van der Waals surface area contributed by atoms with Crippen molar-refractivity contribution in [1.82, 2.24) is 10.6 Å². The number of nitrogens with one attached hydrogen (secondary N) is 2. The monoisotopic (exact) mass is 296 g/mol. The third kappa shape index (κ3) is 5.01. The second-order valence-electron chi connectivity index (χ2n) is 5.55. The molecule has 0 aromatic heterocycles. The third-order valence-electron chi connectivity index (χ3n) is 3.63. The molecule has 3 heteroatoms. The molecule has 116 valence electrons. The molecular weight excluding hydrogens is 272 g/mol. The number of hydrogen-bond donors (Lipinski definition) is 2. The van der Waals surface area contributed by atoms with Gasteiger partial charge in [0.25, 0.3) is 0 Å². The van der Waals surface area contributed by atoms with E-state index in [0.717, 1.165) is 18.5 Å². The molecule has 0 saturated carbocycles. The van der Waals surface area contributed by atoms with Crippen LogP contribution < -0.4 is 10.6 Å². The van der Waals surface area contributed by atoms with Crippen LogP contribution in [0, 0.1) is 6.92 Å². The minimum atomic E-state index is 0.109. The van der Waals surface area contributed by atoms with Crippen LogP contribution in [0.4, 0.5) is 0 Å². The van der Waals surface area contributed by atoms with Crippen molar-refractivity contribution in [1.29, 1.82) is 0 Å². The van der Waals surface area contributed by atoms with Gasteiger partial charge in [0.1, 0.15) is 0 Å². The summed E-state index contributed by atoms with van der Waals surface area (Å²) >= 11 is 0. The highest BCUT2D eigenvalue weighted by Crippen LogP contribution is 2.20. The number of amides is 1. The van der Waals surface area contributed by atoms with Gasteiger partial charge >= 0.3 is 0 Å². The largest absolute Gasteiger partial charge is 0.352 e. The van der Waals surface area contributed by atoms with Crippen molar-refractivity contribution in [3.63, 3.8) is 0 Å². The van der Waals surface area contributed by atoms with Crippen molar-refractivity contribution < 1.29 is 4.79 Å². The van der Waals surface area contributed by atoms with Crippen molar-refractivity contribution in [3.05, 3.63) is 59.7 Å². The van der Waals surface area contributed by atoms with Crippen LogP contribution >= 0.6 is 0 Å². The van der Waals surface area contributed by atoms with E-state index in [4.69, 9.17) is 0 Å². The molecule has 0 bridgehead atoms. The van der Waals surface area contributed by atoms with Crippen molar-refractivity contribution in [2.45, 2.75) is 26.3 Å². The van der Waals surface area contributed by atoms with Crippen LogP contribution in [0.25, 0.3) is 11.1 Å². The molecule has 0 radical (unpaired) electrons. The first-order valence-corrected chi connectivity index (χ1v) is 7.76. The number of hydrogen-bond acceptors (Lipinski definition) is 2. The maximum absolute atomic E-state index is 11.7. The minimum absolute atomic E-state index is 0.109. The minimum Gasteiger partial charge on any atom is -0.352 e. The summed E-state index contributed by atoms with van der Waals surface area (Å²) in [6.45, 7) is 3.56. The van der Waals surface area contributed by atoms with Gasteiger partial charge in [0, 0.05) is 13.0 Å². The van der Waals surface area contributed by atoms with Crippen molar-refractivity contribution in [2.75, 3.05) is 13.6 Å². The molecule has 0 fully saturated rings. The van der Waals surface area contributed by atoms with Crippen molar-refractivity contribution in [3.8, 4) is 11.1 Å². The van der Waals surface area contributed by atoms with Crippen molar-refractivity contribution >= 4 is 5.91 Å². The number of benzene rings is 2. The van der Waals surface area contributed by atoms with E-state index < -0.39 is 0 Å². The van der Waals surface area contributed by atoms with E-state index in [9.17, 15) is 4.79 Å². The normalized spacial score (nSPS) is 10.5. The second-order valence-corrected chi connectivity index (χ2v) is 5.55. The molecule has 2 N–H and O–H groups in total. The highest BCUT2D eigenvalue weighted by atomic mass is 16.1. The van der Waals surface area contributed by atoms with E-state index in [1.165, 1.54) is 16.7 Å². The summed E-state index contributed by atoms with van der Waals surface area (Å²) < 4.78 is 0. The van der Waals surface area contributed by atoms with E-state index in [1.54, 1.807) is 0 Å². The molecule has 2 aromatic carbocycles. The maximum atomic E-state index is 11.7. The molecule has 0 atom stereocenters. The summed E-state index contributed by atoms with van der Waals surface area (Å²) in [7, 11) is 1.90. The lowest BCUT2D eigenvalue weighted by atomic mass is 10.0. The average Bonchev–Trinajstić information content (AvgIpc) is 2.54. The van der Waals surface area contributed by atoms with Crippen LogP contribution in [-0.4, -0.2) is 19.5 Å². The predicted molar refractivity (Wildman–Crippen MR) is 91.6 cm³/mol. The van der Waals surface area contributed by atoms with E-state index in [1.807, 2.05) is 7.05 Å². The van der Waals surface area contributed by atoms with Crippen LogP contribution in [0.3, 0.4) is 0 Å². The quantitative estimate of drug-likeness (QED) is 0.770. The van der Waals surface area contributed by atoms with Gasteiger partial charge in [-0.05, 0) is 43.6 Å². The number of carbonyl (C=O) groups is 1. The molecule has 2 aromatic rings. The first kappa shape index (κ1) is 16.2. The zero-order chi connectivity index (χ0) is 15.8. The molecule has 0 aliphatic carbocycles. The Morgan fingerprint density at radius 1 is 1.05 bits per heavy atom. The topological polar surface area (TPSA) is 41.1 Å². The Morgan fingerprint density at radius 2 is 1.82 bits per heavy atom. The zero-order valence-corrected chi connectivity index (χ0v) is 13.4. The molecule has 0 saturated heterocycles. The fraction of sp³-hybridized carbons (Fsp3) is 0.316. The maximum Gasteiger partial charge on any atom is 0.220 e. The van der Waals surface area contributed by atoms with Gasteiger partial charge in [0.15, 0.2) is 0 Å².